The van der Waals surface area contributed by atoms with Gasteiger partial charge in [-0.15, -0.1) is 0 Å². The van der Waals surface area contributed by atoms with Crippen molar-refractivity contribution in [3.05, 3.63) is 35.6 Å². The van der Waals surface area contributed by atoms with Crippen molar-refractivity contribution in [1.82, 2.24) is 5.32 Å². The van der Waals surface area contributed by atoms with Crippen LogP contribution >= 0.6 is 0 Å². The number of benzene rings is 1. The monoisotopic (exact) mass is 265 g/mol. The Kier molecular flexibility index (Phi) is 3.72. The molecule has 1 heterocycles. The molecule has 19 heavy (non-hydrogen) atoms. The second-order valence-electron chi connectivity index (χ2n) is 6.67. The summed E-state index contributed by atoms with van der Waals surface area (Å²) in [6.07, 6.45) is 0.958. The van der Waals surface area contributed by atoms with Crippen LogP contribution in [0, 0.1) is 5.82 Å². The Hall–Kier alpha value is -0.930. The first-order valence-electron chi connectivity index (χ1n) is 6.91. The Morgan fingerprint density at radius 1 is 1.32 bits per heavy atom. The topological polar surface area (TPSA) is 21.3 Å². The summed E-state index contributed by atoms with van der Waals surface area (Å²) in [4.78, 5) is 0. The van der Waals surface area contributed by atoms with Crippen LogP contribution in [0.5, 0.6) is 0 Å². The molecule has 1 aromatic carbocycles. The van der Waals surface area contributed by atoms with E-state index in [1.807, 2.05) is 6.07 Å². The maximum absolute atomic E-state index is 13.3. The first-order chi connectivity index (χ1) is 8.70. The lowest BCUT2D eigenvalue weighted by molar-refractivity contribution is -0.0703. The van der Waals surface area contributed by atoms with Crippen molar-refractivity contribution in [2.75, 3.05) is 0 Å². The smallest absolute Gasteiger partial charge is 0.123 e. The van der Waals surface area contributed by atoms with Gasteiger partial charge in [0.1, 0.15) is 5.82 Å². The molecule has 1 aliphatic heterocycles. The quantitative estimate of drug-likeness (QED) is 0.897. The van der Waals surface area contributed by atoms with Gasteiger partial charge < -0.3 is 10.1 Å². The third-order valence-corrected chi connectivity index (χ3v) is 3.87. The maximum Gasteiger partial charge on any atom is 0.123 e. The van der Waals surface area contributed by atoms with Crippen molar-refractivity contribution in [1.29, 1.82) is 0 Å². The Labute approximate surface area is 115 Å². The average Bonchev–Trinajstić information content (AvgIpc) is 2.46. The second-order valence-corrected chi connectivity index (χ2v) is 6.67. The molecule has 0 amide bonds. The molecular formula is C16H24FNO. The molecule has 3 heteroatoms. The normalized spacial score (nSPS) is 26.3. The minimum Gasteiger partial charge on any atom is -0.368 e. The Balaban J connectivity index is 2.09. The van der Waals surface area contributed by atoms with Gasteiger partial charge in [0, 0.05) is 12.1 Å². The van der Waals surface area contributed by atoms with Gasteiger partial charge >= 0.3 is 0 Å². The molecule has 2 rings (SSSR count). The molecule has 0 spiro atoms. The van der Waals surface area contributed by atoms with Crippen LogP contribution in [0.1, 0.15) is 52.6 Å². The van der Waals surface area contributed by atoms with Crippen molar-refractivity contribution in [2.24, 2.45) is 0 Å². The van der Waals surface area contributed by atoms with Gasteiger partial charge in [0.25, 0.3) is 0 Å². The Morgan fingerprint density at radius 3 is 2.53 bits per heavy atom. The van der Waals surface area contributed by atoms with Gasteiger partial charge in [0.2, 0.25) is 0 Å². The summed E-state index contributed by atoms with van der Waals surface area (Å²) in [5, 5.41) is 3.58. The van der Waals surface area contributed by atoms with Gasteiger partial charge in [-0.3, -0.25) is 0 Å². The summed E-state index contributed by atoms with van der Waals surface area (Å²) in [7, 11) is 0. The van der Waals surface area contributed by atoms with Gasteiger partial charge in [-0.1, -0.05) is 12.1 Å². The van der Waals surface area contributed by atoms with Crippen LogP contribution in [-0.2, 0) is 4.74 Å². The number of nitrogens with one attached hydrogen (secondary N) is 1. The fourth-order valence-electron chi connectivity index (χ4n) is 3.00. The van der Waals surface area contributed by atoms with Gasteiger partial charge in [0.05, 0.1) is 11.2 Å². The standard InChI is InChI=1S/C16H24FNO/c1-11(12-7-6-8-13(17)9-12)18-14-10-15(2,3)19-16(14,4)5/h6-9,11,14,18H,10H2,1-5H3/t11-,14?/m0/s1. The molecule has 0 saturated carbocycles. The van der Waals surface area contributed by atoms with Crippen LogP contribution in [0.3, 0.4) is 0 Å². The molecule has 1 fully saturated rings. The molecule has 1 saturated heterocycles. The number of hydrogen-bond donors (Lipinski definition) is 1. The largest absolute Gasteiger partial charge is 0.368 e. The van der Waals surface area contributed by atoms with E-state index in [9.17, 15) is 4.39 Å². The van der Waals surface area contributed by atoms with E-state index in [0.29, 0.717) is 0 Å². The summed E-state index contributed by atoms with van der Waals surface area (Å²) in [5.41, 5.74) is 0.661. The lowest BCUT2D eigenvalue weighted by Crippen LogP contribution is -2.44. The molecule has 1 aromatic rings. The van der Waals surface area contributed by atoms with Gasteiger partial charge in [-0.25, -0.2) is 4.39 Å². The molecule has 2 nitrogen and oxygen atoms in total. The summed E-state index contributed by atoms with van der Waals surface area (Å²) in [6.45, 7) is 10.5. The third-order valence-electron chi connectivity index (χ3n) is 3.87. The summed E-state index contributed by atoms with van der Waals surface area (Å²) < 4.78 is 19.3. The maximum atomic E-state index is 13.3. The van der Waals surface area contributed by atoms with E-state index in [4.69, 9.17) is 4.74 Å². The van der Waals surface area contributed by atoms with Crippen molar-refractivity contribution < 1.29 is 9.13 Å². The summed E-state index contributed by atoms with van der Waals surface area (Å²) in [5.74, 6) is -0.187. The Bertz CT molecular complexity index is 456. The van der Waals surface area contributed by atoms with Gasteiger partial charge in [-0.2, -0.15) is 0 Å². The van der Waals surface area contributed by atoms with Crippen molar-refractivity contribution >= 4 is 0 Å². The van der Waals surface area contributed by atoms with E-state index < -0.39 is 0 Å². The molecule has 1 unspecified atom stereocenters. The molecule has 0 aromatic heterocycles. The minimum absolute atomic E-state index is 0.108. The lowest BCUT2D eigenvalue weighted by atomic mass is 9.93. The number of halogens is 1. The van der Waals surface area contributed by atoms with E-state index in [-0.39, 0.29) is 29.1 Å². The van der Waals surface area contributed by atoms with Crippen LogP contribution in [0.2, 0.25) is 0 Å². The minimum atomic E-state index is -0.203. The van der Waals surface area contributed by atoms with Crippen LogP contribution < -0.4 is 5.32 Å². The number of rotatable bonds is 3. The zero-order valence-corrected chi connectivity index (χ0v) is 12.5. The van der Waals surface area contributed by atoms with Crippen LogP contribution in [0.25, 0.3) is 0 Å². The van der Waals surface area contributed by atoms with E-state index in [2.05, 4.69) is 39.9 Å². The highest BCUT2D eigenvalue weighted by Gasteiger charge is 2.46. The van der Waals surface area contributed by atoms with Gasteiger partial charge in [0.15, 0.2) is 0 Å². The van der Waals surface area contributed by atoms with E-state index >= 15 is 0 Å². The SMILES string of the molecule is C[C@H](NC1CC(C)(C)OC1(C)C)c1cccc(F)c1. The molecule has 0 aliphatic carbocycles. The molecule has 1 aliphatic rings. The molecular weight excluding hydrogens is 241 g/mol. The van der Waals surface area contributed by atoms with E-state index in [1.54, 1.807) is 12.1 Å². The van der Waals surface area contributed by atoms with Gasteiger partial charge in [-0.05, 0) is 58.7 Å². The van der Waals surface area contributed by atoms with Crippen LogP contribution in [0.15, 0.2) is 24.3 Å². The first kappa shape index (κ1) is 14.5. The fraction of sp³-hybridized carbons (Fsp3) is 0.625. The molecule has 0 bridgehead atoms. The number of hydrogen-bond acceptors (Lipinski definition) is 2. The highest BCUT2D eigenvalue weighted by atomic mass is 19.1. The highest BCUT2D eigenvalue weighted by Crippen LogP contribution is 2.38. The third kappa shape index (κ3) is 3.34. The summed E-state index contributed by atoms with van der Waals surface area (Å²) in [6, 6.07) is 7.14. The van der Waals surface area contributed by atoms with Crippen molar-refractivity contribution in [3.63, 3.8) is 0 Å². The average molecular weight is 265 g/mol. The van der Waals surface area contributed by atoms with Crippen LogP contribution in [-0.4, -0.2) is 17.2 Å². The lowest BCUT2D eigenvalue weighted by Gasteiger charge is -2.30. The van der Waals surface area contributed by atoms with Crippen molar-refractivity contribution in [2.45, 2.75) is 64.3 Å². The van der Waals surface area contributed by atoms with Crippen LogP contribution in [0.4, 0.5) is 4.39 Å². The summed E-state index contributed by atoms with van der Waals surface area (Å²) >= 11 is 0. The molecule has 0 radical (unpaired) electrons. The zero-order valence-electron chi connectivity index (χ0n) is 12.5. The van der Waals surface area contributed by atoms with E-state index in [1.165, 1.54) is 6.07 Å². The first-order valence-corrected chi connectivity index (χ1v) is 6.91. The number of ether oxygens (including phenoxy) is 1. The predicted octanol–water partition coefficient (Wildman–Crippen LogP) is 3.82. The Morgan fingerprint density at radius 2 is 2.00 bits per heavy atom. The van der Waals surface area contributed by atoms with Crippen molar-refractivity contribution in [3.8, 4) is 0 Å². The highest BCUT2D eigenvalue weighted by molar-refractivity contribution is 5.20. The second kappa shape index (κ2) is 4.88. The zero-order chi connectivity index (χ0) is 14.3. The molecule has 1 N–H and O–H groups in total. The molecule has 2 atom stereocenters. The van der Waals surface area contributed by atoms with E-state index in [0.717, 1.165) is 12.0 Å². The fourth-order valence-corrected chi connectivity index (χ4v) is 3.00. The predicted molar refractivity (Wildman–Crippen MR) is 75.6 cm³/mol. The molecule has 106 valence electrons.